The predicted octanol–water partition coefficient (Wildman–Crippen LogP) is 5.97. The second-order valence-electron chi connectivity index (χ2n) is 4.94. The van der Waals surface area contributed by atoms with Gasteiger partial charge in [-0.2, -0.15) is 5.11 Å². The van der Waals surface area contributed by atoms with Gasteiger partial charge in [-0.05, 0) is 29.8 Å². The molecule has 0 unspecified atom stereocenters. The first-order valence-electron chi connectivity index (χ1n) is 7.25. The maximum atomic E-state index is 9.39. The average Bonchev–Trinajstić information content (AvgIpc) is 3.04. The second kappa shape index (κ2) is 7.86. The molecule has 2 aromatic carbocycles. The number of aromatic nitrogens is 1. The van der Waals surface area contributed by atoms with Crippen molar-refractivity contribution in [3.8, 4) is 17.0 Å². The molecule has 4 nitrogen and oxygen atoms in total. The van der Waals surface area contributed by atoms with Gasteiger partial charge in [-0.15, -0.1) is 16.5 Å². The summed E-state index contributed by atoms with van der Waals surface area (Å²) in [4.78, 5) is 4.44. The van der Waals surface area contributed by atoms with E-state index in [9.17, 15) is 5.11 Å². The highest BCUT2D eigenvalue weighted by molar-refractivity contribution is 7.13. The third kappa shape index (κ3) is 4.50. The lowest BCUT2D eigenvalue weighted by molar-refractivity contribution is 0.475. The van der Waals surface area contributed by atoms with Crippen molar-refractivity contribution in [2.24, 2.45) is 10.2 Å². The first-order chi connectivity index (χ1) is 11.7. The van der Waals surface area contributed by atoms with Crippen LogP contribution >= 0.6 is 22.9 Å². The van der Waals surface area contributed by atoms with Crippen LogP contribution < -0.4 is 0 Å². The zero-order valence-corrected chi connectivity index (χ0v) is 14.2. The van der Waals surface area contributed by atoms with Crippen LogP contribution in [0, 0.1) is 0 Å². The van der Waals surface area contributed by atoms with Crippen LogP contribution in [-0.4, -0.2) is 16.6 Å². The van der Waals surface area contributed by atoms with Gasteiger partial charge in [0.15, 0.2) is 0 Å². The molecular weight excluding hydrogens is 342 g/mol. The summed E-state index contributed by atoms with van der Waals surface area (Å²) in [5.74, 6) is 0.247. The van der Waals surface area contributed by atoms with Crippen molar-refractivity contribution in [1.29, 1.82) is 0 Å². The Balaban J connectivity index is 1.58. The highest BCUT2D eigenvalue weighted by Gasteiger charge is 2.03. The molecule has 0 aliphatic carbocycles. The molecule has 3 aromatic rings. The van der Waals surface area contributed by atoms with E-state index in [0.717, 1.165) is 16.8 Å². The minimum atomic E-state index is 0.247. The standard InChI is InChI=1S/C18H14ClN3OS/c19-15-8-6-14(7-9-15)17-12-24-18(21-17)22-20-10-2-4-13-3-1-5-16(23)11-13/h1-9,11-12,23H,10H2. The molecule has 1 aromatic heterocycles. The van der Waals surface area contributed by atoms with E-state index in [1.165, 1.54) is 11.3 Å². The van der Waals surface area contributed by atoms with Crippen molar-refractivity contribution in [1.82, 2.24) is 4.98 Å². The number of azo groups is 1. The third-order valence-electron chi connectivity index (χ3n) is 3.16. The molecule has 6 heteroatoms. The van der Waals surface area contributed by atoms with E-state index in [-0.39, 0.29) is 5.75 Å². The Bertz CT molecular complexity index is 872. The minimum absolute atomic E-state index is 0.247. The summed E-state index contributed by atoms with van der Waals surface area (Å²) in [6.07, 6.45) is 3.77. The number of hydrogen-bond acceptors (Lipinski definition) is 5. The summed E-state index contributed by atoms with van der Waals surface area (Å²) in [6, 6.07) is 14.6. The lowest BCUT2D eigenvalue weighted by Gasteiger charge is -1.95. The summed E-state index contributed by atoms with van der Waals surface area (Å²) in [5.41, 5.74) is 2.78. The zero-order valence-electron chi connectivity index (χ0n) is 12.6. The SMILES string of the molecule is Oc1cccc(C=CCN=Nc2nc(-c3ccc(Cl)cc3)cs2)c1. The fourth-order valence-corrected chi connectivity index (χ4v) is 2.82. The molecule has 24 heavy (non-hydrogen) atoms. The van der Waals surface area contributed by atoms with Crippen molar-refractivity contribution < 1.29 is 5.11 Å². The van der Waals surface area contributed by atoms with Crippen molar-refractivity contribution in [3.05, 3.63) is 70.6 Å². The van der Waals surface area contributed by atoms with Crippen LogP contribution in [0.3, 0.4) is 0 Å². The minimum Gasteiger partial charge on any atom is -0.508 e. The highest BCUT2D eigenvalue weighted by atomic mass is 35.5. The van der Waals surface area contributed by atoms with E-state index >= 15 is 0 Å². The summed E-state index contributed by atoms with van der Waals surface area (Å²) in [6.45, 7) is 0.450. The largest absolute Gasteiger partial charge is 0.508 e. The third-order valence-corrected chi connectivity index (χ3v) is 4.13. The number of halogens is 1. The van der Waals surface area contributed by atoms with E-state index in [2.05, 4.69) is 15.2 Å². The van der Waals surface area contributed by atoms with E-state index in [1.807, 2.05) is 47.9 Å². The first-order valence-corrected chi connectivity index (χ1v) is 8.51. The molecule has 3 rings (SSSR count). The zero-order chi connectivity index (χ0) is 16.8. The fourth-order valence-electron chi connectivity index (χ4n) is 2.03. The molecule has 0 aliphatic heterocycles. The van der Waals surface area contributed by atoms with Gasteiger partial charge in [0.2, 0.25) is 5.13 Å². The maximum absolute atomic E-state index is 9.39. The molecule has 0 bridgehead atoms. The summed E-state index contributed by atoms with van der Waals surface area (Å²) in [7, 11) is 0. The lowest BCUT2D eigenvalue weighted by Crippen LogP contribution is -1.76. The van der Waals surface area contributed by atoms with E-state index in [4.69, 9.17) is 11.6 Å². The van der Waals surface area contributed by atoms with Gasteiger partial charge in [0, 0.05) is 16.0 Å². The number of rotatable bonds is 5. The van der Waals surface area contributed by atoms with Gasteiger partial charge in [-0.3, -0.25) is 0 Å². The Hall–Kier alpha value is -2.50. The smallest absolute Gasteiger partial charge is 0.230 e. The number of phenolic OH excluding ortho intramolecular Hbond substituents is 1. The lowest BCUT2D eigenvalue weighted by atomic mass is 10.2. The Labute approximate surface area is 148 Å². The van der Waals surface area contributed by atoms with Crippen LogP contribution in [0.4, 0.5) is 5.13 Å². The van der Waals surface area contributed by atoms with Crippen LogP contribution in [0.15, 0.2) is 70.2 Å². The molecule has 1 heterocycles. The molecule has 0 aliphatic rings. The van der Waals surface area contributed by atoms with Crippen LogP contribution in [0.5, 0.6) is 5.75 Å². The highest BCUT2D eigenvalue weighted by Crippen LogP contribution is 2.27. The Morgan fingerprint density at radius 3 is 2.79 bits per heavy atom. The number of aromatic hydroxyl groups is 1. The molecule has 0 saturated heterocycles. The van der Waals surface area contributed by atoms with Crippen molar-refractivity contribution in [2.75, 3.05) is 6.54 Å². The number of phenols is 1. The molecule has 0 fully saturated rings. The molecule has 0 radical (unpaired) electrons. The normalized spacial score (nSPS) is 11.5. The molecule has 0 saturated carbocycles. The van der Waals surface area contributed by atoms with E-state index in [1.54, 1.807) is 18.2 Å². The predicted molar refractivity (Wildman–Crippen MR) is 99.1 cm³/mol. The molecule has 0 atom stereocenters. The Morgan fingerprint density at radius 2 is 2.00 bits per heavy atom. The van der Waals surface area contributed by atoms with E-state index in [0.29, 0.717) is 16.7 Å². The fraction of sp³-hybridized carbons (Fsp3) is 0.0556. The monoisotopic (exact) mass is 355 g/mol. The van der Waals surface area contributed by atoms with Crippen molar-refractivity contribution >= 4 is 34.1 Å². The first kappa shape index (κ1) is 16.4. The van der Waals surface area contributed by atoms with Crippen molar-refractivity contribution in [2.45, 2.75) is 0 Å². The number of nitrogens with zero attached hydrogens (tertiary/aromatic N) is 3. The van der Waals surface area contributed by atoms with Gasteiger partial charge in [0.1, 0.15) is 5.75 Å². The maximum Gasteiger partial charge on any atom is 0.230 e. The summed E-state index contributed by atoms with van der Waals surface area (Å²) in [5, 5.41) is 20.9. The second-order valence-corrected chi connectivity index (χ2v) is 6.22. The molecule has 120 valence electrons. The van der Waals surface area contributed by atoms with Gasteiger partial charge in [0.25, 0.3) is 0 Å². The van der Waals surface area contributed by atoms with Gasteiger partial charge in [-0.25, -0.2) is 4.98 Å². The molecule has 0 spiro atoms. The number of hydrogen-bond donors (Lipinski definition) is 1. The topological polar surface area (TPSA) is 57.8 Å². The average molecular weight is 356 g/mol. The Kier molecular flexibility index (Phi) is 5.36. The van der Waals surface area contributed by atoms with Crippen molar-refractivity contribution in [3.63, 3.8) is 0 Å². The van der Waals surface area contributed by atoms with E-state index < -0.39 is 0 Å². The molecule has 1 N–H and O–H groups in total. The van der Waals surface area contributed by atoms with Crippen LogP contribution in [0.1, 0.15) is 5.56 Å². The summed E-state index contributed by atoms with van der Waals surface area (Å²) < 4.78 is 0. The molecule has 0 amide bonds. The number of benzene rings is 2. The van der Waals surface area contributed by atoms with Gasteiger partial charge >= 0.3 is 0 Å². The van der Waals surface area contributed by atoms with Crippen LogP contribution in [-0.2, 0) is 0 Å². The number of thiazole rings is 1. The van der Waals surface area contributed by atoms with Gasteiger partial charge in [0.05, 0.1) is 12.2 Å². The Morgan fingerprint density at radius 1 is 1.17 bits per heavy atom. The van der Waals surface area contributed by atoms with Gasteiger partial charge in [-0.1, -0.05) is 48.0 Å². The molecular formula is C18H14ClN3OS. The quantitative estimate of drug-likeness (QED) is 0.573. The van der Waals surface area contributed by atoms with Gasteiger partial charge < -0.3 is 5.11 Å². The van der Waals surface area contributed by atoms with Crippen LogP contribution in [0.25, 0.3) is 17.3 Å². The summed E-state index contributed by atoms with van der Waals surface area (Å²) >= 11 is 7.33. The van der Waals surface area contributed by atoms with Crippen LogP contribution in [0.2, 0.25) is 5.02 Å².